The van der Waals surface area contributed by atoms with Crippen LogP contribution in [-0.2, 0) is 19.4 Å². The maximum absolute atomic E-state index is 10.5. The van der Waals surface area contributed by atoms with Crippen molar-refractivity contribution >= 4 is 0 Å². The quantitative estimate of drug-likeness (QED) is 0.930. The Morgan fingerprint density at radius 3 is 2.40 bits per heavy atom. The zero-order valence-corrected chi connectivity index (χ0v) is 14.8. The van der Waals surface area contributed by atoms with Gasteiger partial charge in [-0.1, -0.05) is 6.07 Å². The summed E-state index contributed by atoms with van der Waals surface area (Å²) in [4.78, 5) is 2.43. The topological polar surface area (TPSA) is 51.2 Å². The number of hydrogen-bond donors (Lipinski definition) is 1. The number of methoxy groups -OCH3 is 3. The maximum atomic E-state index is 10.5. The Morgan fingerprint density at radius 1 is 0.960 bits per heavy atom. The number of fused-ring (bicyclic) bond motifs is 4. The van der Waals surface area contributed by atoms with E-state index in [2.05, 4.69) is 23.1 Å². The molecule has 0 spiro atoms. The molecule has 1 atom stereocenters. The fourth-order valence-corrected chi connectivity index (χ4v) is 4.11. The zero-order chi connectivity index (χ0) is 17.6. The van der Waals surface area contributed by atoms with Gasteiger partial charge in [-0.2, -0.15) is 0 Å². The molecule has 2 aromatic rings. The molecule has 25 heavy (non-hydrogen) atoms. The van der Waals surface area contributed by atoms with Crippen molar-refractivity contribution in [3.05, 3.63) is 46.5 Å². The van der Waals surface area contributed by atoms with Gasteiger partial charge in [0, 0.05) is 24.7 Å². The number of hydrogen-bond acceptors (Lipinski definition) is 5. The van der Waals surface area contributed by atoms with Crippen LogP contribution in [0.1, 0.15) is 28.3 Å². The molecule has 4 rings (SSSR count). The van der Waals surface area contributed by atoms with Crippen LogP contribution in [-0.4, -0.2) is 37.9 Å². The Balaban J connectivity index is 1.76. The summed E-state index contributed by atoms with van der Waals surface area (Å²) >= 11 is 0. The summed E-state index contributed by atoms with van der Waals surface area (Å²) in [6, 6.07) is 8.43. The van der Waals surface area contributed by atoms with Crippen LogP contribution in [0.3, 0.4) is 0 Å². The van der Waals surface area contributed by atoms with E-state index in [4.69, 9.17) is 14.2 Å². The molecule has 0 fully saturated rings. The van der Waals surface area contributed by atoms with Gasteiger partial charge in [-0.3, -0.25) is 4.90 Å². The molecule has 0 saturated carbocycles. The van der Waals surface area contributed by atoms with Crippen LogP contribution in [0.25, 0.3) is 0 Å². The minimum Gasteiger partial charge on any atom is -0.504 e. The highest BCUT2D eigenvalue weighted by molar-refractivity contribution is 5.54. The third-order valence-corrected chi connectivity index (χ3v) is 5.45. The molecule has 0 amide bonds. The van der Waals surface area contributed by atoms with Crippen LogP contribution in [0, 0.1) is 0 Å². The Bertz CT molecular complexity index is 818. The van der Waals surface area contributed by atoms with Crippen molar-refractivity contribution in [1.29, 1.82) is 0 Å². The second kappa shape index (κ2) is 6.15. The van der Waals surface area contributed by atoms with E-state index in [0.717, 1.165) is 43.0 Å². The SMILES string of the molecule is COc1cc2c(cc1OC)[C@H]1Cc3ccc(OC)c(O)c3CN1CC2. The molecule has 132 valence electrons. The van der Waals surface area contributed by atoms with Gasteiger partial charge in [0.2, 0.25) is 0 Å². The van der Waals surface area contributed by atoms with Crippen molar-refractivity contribution in [2.45, 2.75) is 25.4 Å². The van der Waals surface area contributed by atoms with Gasteiger partial charge in [0.1, 0.15) is 0 Å². The van der Waals surface area contributed by atoms with Gasteiger partial charge in [-0.05, 0) is 47.7 Å². The number of rotatable bonds is 3. The first-order valence-electron chi connectivity index (χ1n) is 8.52. The third-order valence-electron chi connectivity index (χ3n) is 5.45. The lowest BCUT2D eigenvalue weighted by Gasteiger charge is -2.41. The Morgan fingerprint density at radius 2 is 1.68 bits per heavy atom. The minimum atomic E-state index is 0.275. The van der Waals surface area contributed by atoms with E-state index >= 15 is 0 Å². The molecule has 0 unspecified atom stereocenters. The first kappa shape index (κ1) is 16.1. The largest absolute Gasteiger partial charge is 0.504 e. The van der Waals surface area contributed by atoms with Gasteiger partial charge in [0.25, 0.3) is 0 Å². The monoisotopic (exact) mass is 341 g/mol. The highest BCUT2D eigenvalue weighted by Gasteiger charge is 2.34. The first-order valence-corrected chi connectivity index (χ1v) is 8.52. The molecule has 0 radical (unpaired) electrons. The van der Waals surface area contributed by atoms with Gasteiger partial charge >= 0.3 is 0 Å². The summed E-state index contributed by atoms with van der Waals surface area (Å²) in [7, 11) is 4.93. The van der Waals surface area contributed by atoms with Crippen molar-refractivity contribution in [3.8, 4) is 23.0 Å². The maximum Gasteiger partial charge on any atom is 0.162 e. The summed E-state index contributed by atoms with van der Waals surface area (Å²) in [5.74, 6) is 2.37. The number of phenolic OH excluding ortho intramolecular Hbond substituents is 1. The summed E-state index contributed by atoms with van der Waals surface area (Å²) in [6.07, 6.45) is 1.83. The molecule has 2 aromatic carbocycles. The molecule has 1 N–H and O–H groups in total. The average molecular weight is 341 g/mol. The van der Waals surface area contributed by atoms with Crippen LogP contribution in [0.5, 0.6) is 23.0 Å². The van der Waals surface area contributed by atoms with Crippen molar-refractivity contribution in [2.75, 3.05) is 27.9 Å². The van der Waals surface area contributed by atoms with Crippen molar-refractivity contribution in [3.63, 3.8) is 0 Å². The smallest absolute Gasteiger partial charge is 0.162 e. The first-order chi connectivity index (χ1) is 12.2. The number of benzene rings is 2. The van der Waals surface area contributed by atoms with E-state index in [0.29, 0.717) is 11.8 Å². The average Bonchev–Trinajstić information content (AvgIpc) is 2.66. The Labute approximate surface area is 147 Å². The van der Waals surface area contributed by atoms with Crippen LogP contribution in [0.4, 0.5) is 0 Å². The molecule has 5 nitrogen and oxygen atoms in total. The standard InChI is InChI=1S/C20H23NO4/c1-23-17-5-4-12-8-16-14-10-19(25-3)18(24-2)9-13(14)6-7-21(16)11-15(12)20(17)22/h4-5,9-10,16,22H,6-8,11H2,1-3H3/t16-/m1/s1. The molecule has 0 aliphatic carbocycles. The molecule has 2 aliphatic rings. The molecular weight excluding hydrogens is 318 g/mol. The summed E-state index contributed by atoms with van der Waals surface area (Å²) in [5, 5.41) is 10.5. The lowest BCUT2D eigenvalue weighted by molar-refractivity contribution is 0.157. The van der Waals surface area contributed by atoms with Gasteiger partial charge < -0.3 is 19.3 Å². The van der Waals surface area contributed by atoms with E-state index in [9.17, 15) is 5.11 Å². The zero-order valence-electron chi connectivity index (χ0n) is 14.8. The second-order valence-corrected chi connectivity index (χ2v) is 6.60. The van der Waals surface area contributed by atoms with Crippen LogP contribution < -0.4 is 14.2 Å². The molecular formula is C20H23NO4. The van der Waals surface area contributed by atoms with Crippen LogP contribution in [0.2, 0.25) is 0 Å². The van der Waals surface area contributed by atoms with Crippen molar-refractivity contribution in [1.82, 2.24) is 4.90 Å². The van der Waals surface area contributed by atoms with Crippen LogP contribution >= 0.6 is 0 Å². The minimum absolute atomic E-state index is 0.275. The van der Waals surface area contributed by atoms with E-state index in [1.54, 1.807) is 21.3 Å². The van der Waals surface area contributed by atoms with Gasteiger partial charge in [-0.15, -0.1) is 0 Å². The summed E-state index contributed by atoms with van der Waals surface area (Å²) in [5.41, 5.74) is 4.78. The normalized spacial score (nSPS) is 18.8. The van der Waals surface area contributed by atoms with Crippen molar-refractivity contribution in [2.24, 2.45) is 0 Å². The van der Waals surface area contributed by atoms with Gasteiger partial charge in [-0.25, -0.2) is 0 Å². The number of ether oxygens (including phenoxy) is 3. The van der Waals surface area contributed by atoms with E-state index < -0.39 is 0 Å². The Hall–Kier alpha value is -2.40. The molecule has 0 aromatic heterocycles. The molecule has 2 heterocycles. The fourth-order valence-electron chi connectivity index (χ4n) is 4.11. The van der Waals surface area contributed by atoms with Gasteiger partial charge in [0.15, 0.2) is 23.0 Å². The second-order valence-electron chi connectivity index (χ2n) is 6.60. The highest BCUT2D eigenvalue weighted by atomic mass is 16.5. The molecule has 0 bridgehead atoms. The van der Waals surface area contributed by atoms with E-state index in [1.807, 2.05) is 6.07 Å². The number of phenols is 1. The highest BCUT2D eigenvalue weighted by Crippen LogP contribution is 2.45. The van der Waals surface area contributed by atoms with Crippen LogP contribution in [0.15, 0.2) is 24.3 Å². The predicted octanol–water partition coefficient (Wildman–Crippen LogP) is 3.07. The Kier molecular flexibility index (Phi) is 3.96. The molecule has 5 heteroatoms. The lowest BCUT2D eigenvalue weighted by Crippen LogP contribution is -2.39. The summed E-state index contributed by atoms with van der Waals surface area (Å²) < 4.78 is 16.2. The summed E-state index contributed by atoms with van der Waals surface area (Å²) in [6.45, 7) is 1.69. The van der Waals surface area contributed by atoms with Gasteiger partial charge in [0.05, 0.1) is 21.3 Å². The lowest BCUT2D eigenvalue weighted by atomic mass is 9.83. The fraction of sp³-hybridized carbons (Fsp3) is 0.400. The third kappa shape index (κ3) is 2.50. The predicted molar refractivity (Wildman–Crippen MR) is 94.8 cm³/mol. The molecule has 2 aliphatic heterocycles. The number of aromatic hydroxyl groups is 1. The van der Waals surface area contributed by atoms with Crippen molar-refractivity contribution < 1.29 is 19.3 Å². The van der Waals surface area contributed by atoms with E-state index in [1.165, 1.54) is 16.7 Å². The van der Waals surface area contributed by atoms with E-state index in [-0.39, 0.29) is 5.75 Å². The molecule has 0 saturated heterocycles. The number of nitrogens with zero attached hydrogens (tertiary/aromatic N) is 1.